The van der Waals surface area contributed by atoms with E-state index in [0.717, 1.165) is 16.3 Å². The molecule has 2 heterocycles. The van der Waals surface area contributed by atoms with Crippen molar-refractivity contribution in [3.63, 3.8) is 0 Å². The third-order valence-corrected chi connectivity index (χ3v) is 7.19. The molecule has 0 unspecified atom stereocenters. The van der Waals surface area contributed by atoms with Crippen LogP contribution in [0.3, 0.4) is 0 Å². The topological polar surface area (TPSA) is 70.6 Å². The molecular formula is C22H21Cl2N3O3S. The van der Waals surface area contributed by atoms with Crippen LogP contribution in [-0.4, -0.2) is 54.7 Å². The Morgan fingerprint density at radius 3 is 2.42 bits per heavy atom. The van der Waals surface area contributed by atoms with Crippen LogP contribution in [0, 0.1) is 0 Å². The highest BCUT2D eigenvalue weighted by molar-refractivity contribution is 7.89. The molecule has 1 aromatic heterocycles. The molecule has 9 heteroatoms. The van der Waals surface area contributed by atoms with Gasteiger partial charge in [0.05, 0.1) is 4.90 Å². The van der Waals surface area contributed by atoms with Crippen molar-refractivity contribution in [1.82, 2.24) is 14.2 Å². The van der Waals surface area contributed by atoms with Gasteiger partial charge in [0.25, 0.3) is 0 Å². The number of fused-ring (bicyclic) bond motifs is 1. The maximum Gasteiger partial charge on any atom is 0.246 e. The molecule has 6 nitrogen and oxygen atoms in total. The Balaban J connectivity index is 0.00000272. The van der Waals surface area contributed by atoms with E-state index in [-0.39, 0.29) is 36.3 Å². The minimum absolute atomic E-state index is 0. The molecule has 3 aromatic rings. The molecule has 0 bridgehead atoms. The fourth-order valence-electron chi connectivity index (χ4n) is 3.40. The number of aromatic nitrogens is 1. The van der Waals surface area contributed by atoms with Gasteiger partial charge in [0.1, 0.15) is 0 Å². The monoisotopic (exact) mass is 477 g/mol. The first-order valence-corrected chi connectivity index (χ1v) is 11.3. The fourth-order valence-corrected chi connectivity index (χ4v) is 5.04. The van der Waals surface area contributed by atoms with Crippen molar-refractivity contribution < 1.29 is 13.2 Å². The summed E-state index contributed by atoms with van der Waals surface area (Å²) in [6.07, 6.45) is 6.55. The number of nitrogens with zero attached hydrogens (tertiary/aromatic N) is 3. The zero-order chi connectivity index (χ0) is 21.1. The molecular weight excluding hydrogens is 457 g/mol. The zero-order valence-electron chi connectivity index (χ0n) is 16.5. The Labute approximate surface area is 192 Å². The van der Waals surface area contributed by atoms with Crippen LogP contribution in [0.15, 0.2) is 71.9 Å². The van der Waals surface area contributed by atoms with Gasteiger partial charge in [-0.05, 0) is 52.7 Å². The predicted molar refractivity (Wildman–Crippen MR) is 125 cm³/mol. The van der Waals surface area contributed by atoms with Crippen molar-refractivity contribution in [2.24, 2.45) is 0 Å². The Bertz CT molecular complexity index is 1210. The summed E-state index contributed by atoms with van der Waals surface area (Å²) in [7, 11) is -3.63. The van der Waals surface area contributed by atoms with E-state index in [1.165, 1.54) is 10.4 Å². The normalized spacial score (nSPS) is 15.2. The lowest BCUT2D eigenvalue weighted by atomic mass is 10.1. The van der Waals surface area contributed by atoms with Crippen LogP contribution >= 0.6 is 24.0 Å². The van der Waals surface area contributed by atoms with E-state index >= 15 is 0 Å². The van der Waals surface area contributed by atoms with Crippen LogP contribution in [0.1, 0.15) is 5.56 Å². The van der Waals surface area contributed by atoms with Crippen molar-refractivity contribution >= 4 is 56.8 Å². The third-order valence-electron chi connectivity index (χ3n) is 5.06. The standard InChI is InChI=1S/C22H20ClN3O3S.ClH/c23-20-6-4-19-15-21(7-5-18(19)14-20)30(28,29)26-12-10-25(11-13-26)22(27)8-3-17-2-1-9-24-16-17;/h1-9,14-16H,10-13H2;1H/b8-3+;. The van der Waals surface area contributed by atoms with E-state index in [9.17, 15) is 13.2 Å². The summed E-state index contributed by atoms with van der Waals surface area (Å²) in [4.78, 5) is 18.3. The zero-order valence-corrected chi connectivity index (χ0v) is 18.9. The highest BCUT2D eigenvalue weighted by Crippen LogP contribution is 2.25. The number of benzene rings is 2. The Kier molecular flexibility index (Phi) is 7.33. The quantitative estimate of drug-likeness (QED) is 0.534. The van der Waals surface area contributed by atoms with E-state index in [1.54, 1.807) is 59.8 Å². The second-order valence-electron chi connectivity index (χ2n) is 7.00. The van der Waals surface area contributed by atoms with E-state index in [2.05, 4.69) is 4.98 Å². The van der Waals surface area contributed by atoms with Crippen LogP contribution in [-0.2, 0) is 14.8 Å². The van der Waals surface area contributed by atoms with E-state index < -0.39 is 10.0 Å². The first-order chi connectivity index (χ1) is 14.4. The second kappa shape index (κ2) is 9.78. The van der Waals surface area contributed by atoms with Crippen LogP contribution in [0.5, 0.6) is 0 Å². The third kappa shape index (κ3) is 5.25. The maximum atomic E-state index is 13.1. The number of pyridine rings is 1. The van der Waals surface area contributed by atoms with Gasteiger partial charge in [-0.2, -0.15) is 4.31 Å². The van der Waals surface area contributed by atoms with E-state index in [4.69, 9.17) is 11.6 Å². The van der Waals surface area contributed by atoms with Gasteiger partial charge in [-0.15, -0.1) is 12.4 Å². The van der Waals surface area contributed by atoms with Crippen LogP contribution in [0.25, 0.3) is 16.8 Å². The number of piperazine rings is 1. The number of hydrogen-bond donors (Lipinski definition) is 0. The molecule has 1 fully saturated rings. The highest BCUT2D eigenvalue weighted by atomic mass is 35.5. The van der Waals surface area contributed by atoms with E-state index in [1.807, 2.05) is 12.1 Å². The number of sulfonamides is 1. The summed E-state index contributed by atoms with van der Waals surface area (Å²) >= 11 is 6.00. The van der Waals surface area contributed by atoms with Gasteiger partial charge < -0.3 is 4.90 Å². The summed E-state index contributed by atoms with van der Waals surface area (Å²) < 4.78 is 27.6. The average Bonchev–Trinajstić information content (AvgIpc) is 2.77. The Morgan fingerprint density at radius 1 is 1.00 bits per heavy atom. The smallest absolute Gasteiger partial charge is 0.246 e. The lowest BCUT2D eigenvalue weighted by molar-refractivity contribution is -0.127. The number of carbonyl (C=O) groups is 1. The lowest BCUT2D eigenvalue weighted by Gasteiger charge is -2.33. The largest absolute Gasteiger partial charge is 0.337 e. The summed E-state index contributed by atoms with van der Waals surface area (Å²) in [5.41, 5.74) is 0.838. The van der Waals surface area contributed by atoms with Gasteiger partial charge in [-0.1, -0.05) is 29.8 Å². The van der Waals surface area contributed by atoms with Crippen LogP contribution in [0.4, 0.5) is 0 Å². The minimum atomic E-state index is -3.63. The molecule has 1 amide bonds. The molecule has 0 radical (unpaired) electrons. The van der Waals surface area contributed by atoms with E-state index in [0.29, 0.717) is 18.1 Å². The minimum Gasteiger partial charge on any atom is -0.337 e. The molecule has 0 aliphatic carbocycles. The van der Waals surface area contributed by atoms with Gasteiger partial charge in [-0.25, -0.2) is 8.42 Å². The molecule has 1 aliphatic rings. The van der Waals surface area contributed by atoms with Crippen LogP contribution < -0.4 is 0 Å². The number of hydrogen-bond acceptors (Lipinski definition) is 4. The number of carbonyl (C=O) groups excluding carboxylic acids is 1. The Hall–Kier alpha value is -2.45. The first-order valence-electron chi connectivity index (χ1n) is 9.50. The highest BCUT2D eigenvalue weighted by Gasteiger charge is 2.29. The van der Waals surface area contributed by atoms with Crippen molar-refractivity contribution in [3.05, 3.63) is 77.6 Å². The number of rotatable bonds is 4. The maximum absolute atomic E-state index is 13.1. The van der Waals surface area contributed by atoms with Gasteiger partial charge in [0, 0.05) is 49.7 Å². The molecule has 1 saturated heterocycles. The number of halogens is 2. The van der Waals surface area contributed by atoms with Crippen LogP contribution in [0.2, 0.25) is 5.02 Å². The van der Waals surface area contributed by atoms with Crippen molar-refractivity contribution in [2.75, 3.05) is 26.2 Å². The summed E-state index contributed by atoms with van der Waals surface area (Å²) in [6.45, 7) is 1.21. The average molecular weight is 478 g/mol. The van der Waals surface area contributed by atoms with Crippen molar-refractivity contribution in [1.29, 1.82) is 0 Å². The van der Waals surface area contributed by atoms with Gasteiger partial charge in [0.2, 0.25) is 15.9 Å². The molecule has 0 atom stereocenters. The molecule has 1 aliphatic heterocycles. The fraction of sp³-hybridized carbons (Fsp3) is 0.182. The molecule has 4 rings (SSSR count). The first kappa shape index (κ1) is 23.2. The van der Waals surface area contributed by atoms with Crippen molar-refractivity contribution in [3.8, 4) is 0 Å². The van der Waals surface area contributed by atoms with Crippen molar-refractivity contribution in [2.45, 2.75) is 4.90 Å². The molecule has 0 saturated carbocycles. The summed E-state index contributed by atoms with van der Waals surface area (Å²) in [6, 6.07) is 14.0. The van der Waals surface area contributed by atoms with Gasteiger partial charge >= 0.3 is 0 Å². The molecule has 31 heavy (non-hydrogen) atoms. The molecule has 162 valence electrons. The summed E-state index contributed by atoms with van der Waals surface area (Å²) in [5.74, 6) is -0.140. The molecule has 0 spiro atoms. The Morgan fingerprint density at radius 2 is 1.71 bits per heavy atom. The predicted octanol–water partition coefficient (Wildman–Crippen LogP) is 3.86. The molecule has 0 N–H and O–H groups in total. The van der Waals surface area contributed by atoms with Gasteiger partial charge in [-0.3, -0.25) is 9.78 Å². The second-order valence-corrected chi connectivity index (χ2v) is 9.38. The summed E-state index contributed by atoms with van der Waals surface area (Å²) in [5, 5.41) is 2.31. The lowest BCUT2D eigenvalue weighted by Crippen LogP contribution is -2.50. The SMILES string of the molecule is Cl.O=C(/C=C/c1cccnc1)N1CCN(S(=O)(=O)c2ccc3cc(Cl)ccc3c2)CC1. The number of amides is 1. The molecule has 2 aromatic carbocycles. The van der Waals surface area contributed by atoms with Gasteiger partial charge in [0.15, 0.2) is 0 Å².